The number of aryl methyl sites for hydroxylation is 1. The lowest BCUT2D eigenvalue weighted by Crippen LogP contribution is -2.23. The summed E-state index contributed by atoms with van der Waals surface area (Å²) in [5.74, 6) is 0.785. The maximum atomic E-state index is 11.4. The van der Waals surface area contributed by atoms with E-state index >= 15 is 0 Å². The Hall–Kier alpha value is -1.31. The van der Waals surface area contributed by atoms with Crippen molar-refractivity contribution in [3.05, 3.63) is 35.4 Å². The van der Waals surface area contributed by atoms with E-state index in [2.05, 4.69) is 31.2 Å². The fourth-order valence-corrected chi connectivity index (χ4v) is 3.31. The minimum absolute atomic E-state index is 0.171. The van der Waals surface area contributed by atoms with Crippen molar-refractivity contribution in [3.8, 4) is 0 Å². The van der Waals surface area contributed by atoms with Gasteiger partial charge in [0.05, 0.1) is 0 Å². The number of carbonyl (C=O) groups is 1. The summed E-state index contributed by atoms with van der Waals surface area (Å²) >= 11 is 0. The largest absolute Gasteiger partial charge is 0.370 e. The molecule has 1 fully saturated rings. The highest BCUT2D eigenvalue weighted by molar-refractivity contribution is 5.74. The van der Waals surface area contributed by atoms with Crippen LogP contribution in [0.5, 0.6) is 0 Å². The second-order valence-corrected chi connectivity index (χ2v) is 5.77. The molecule has 1 aliphatic carbocycles. The fraction of sp³-hybridized carbons (Fsp3) is 0.588. The molecule has 1 unspecified atom stereocenters. The summed E-state index contributed by atoms with van der Waals surface area (Å²) in [7, 11) is 0. The molecule has 0 radical (unpaired) electrons. The van der Waals surface area contributed by atoms with Crippen LogP contribution in [0, 0.1) is 5.92 Å². The van der Waals surface area contributed by atoms with Crippen molar-refractivity contribution in [1.29, 1.82) is 0 Å². The van der Waals surface area contributed by atoms with E-state index in [9.17, 15) is 4.79 Å². The van der Waals surface area contributed by atoms with Gasteiger partial charge in [0.1, 0.15) is 0 Å². The molecule has 2 rings (SSSR count). The molecular formula is C17H25NO. The van der Waals surface area contributed by atoms with Crippen molar-refractivity contribution in [2.45, 2.75) is 57.8 Å². The monoisotopic (exact) mass is 259 g/mol. The third kappa shape index (κ3) is 3.82. The predicted octanol–water partition coefficient (Wildman–Crippen LogP) is 3.79. The molecule has 2 N–H and O–H groups in total. The van der Waals surface area contributed by atoms with Gasteiger partial charge in [0, 0.05) is 6.42 Å². The van der Waals surface area contributed by atoms with Crippen LogP contribution in [0.3, 0.4) is 0 Å². The predicted molar refractivity (Wildman–Crippen MR) is 78.9 cm³/mol. The summed E-state index contributed by atoms with van der Waals surface area (Å²) in [6.45, 7) is 2.16. The highest BCUT2D eigenvalue weighted by Crippen LogP contribution is 2.38. The van der Waals surface area contributed by atoms with Gasteiger partial charge in [0.2, 0.25) is 5.91 Å². The van der Waals surface area contributed by atoms with Crippen LogP contribution < -0.4 is 5.73 Å². The Bertz CT molecular complexity index is 404. The van der Waals surface area contributed by atoms with E-state index in [1.807, 2.05) is 0 Å². The van der Waals surface area contributed by atoms with Gasteiger partial charge in [0.25, 0.3) is 0 Å². The van der Waals surface area contributed by atoms with E-state index in [-0.39, 0.29) is 5.91 Å². The first-order chi connectivity index (χ1) is 9.20. The summed E-state index contributed by atoms with van der Waals surface area (Å²) in [4.78, 5) is 11.4. The number of nitrogens with two attached hydrogens (primary N) is 1. The average molecular weight is 259 g/mol. The van der Waals surface area contributed by atoms with Crippen LogP contribution in [0.1, 0.15) is 62.5 Å². The Morgan fingerprint density at radius 2 is 1.84 bits per heavy atom. The standard InChI is InChI=1S/C17H25NO/c1-2-13-8-10-15(11-9-13)16(12-17(18)19)14-6-4-3-5-7-14/h8-11,14,16H,2-7,12H2,1H3,(H2,18,19). The van der Waals surface area contributed by atoms with Crippen molar-refractivity contribution >= 4 is 5.91 Å². The van der Waals surface area contributed by atoms with Crippen LogP contribution in [0.4, 0.5) is 0 Å². The zero-order valence-corrected chi connectivity index (χ0v) is 11.9. The Morgan fingerprint density at radius 3 is 2.37 bits per heavy atom. The number of benzene rings is 1. The number of primary amides is 1. The molecule has 0 spiro atoms. The summed E-state index contributed by atoms with van der Waals surface area (Å²) < 4.78 is 0. The van der Waals surface area contributed by atoms with Crippen molar-refractivity contribution in [1.82, 2.24) is 0 Å². The summed E-state index contributed by atoms with van der Waals surface area (Å²) in [6, 6.07) is 8.76. The molecule has 1 amide bonds. The molecule has 1 aromatic rings. The number of hydrogen-bond donors (Lipinski definition) is 1. The zero-order valence-electron chi connectivity index (χ0n) is 11.9. The molecule has 19 heavy (non-hydrogen) atoms. The van der Waals surface area contributed by atoms with Gasteiger partial charge in [-0.25, -0.2) is 0 Å². The maximum absolute atomic E-state index is 11.4. The van der Waals surface area contributed by atoms with Crippen LogP contribution in [-0.4, -0.2) is 5.91 Å². The maximum Gasteiger partial charge on any atom is 0.218 e. The van der Waals surface area contributed by atoms with Gasteiger partial charge >= 0.3 is 0 Å². The van der Waals surface area contributed by atoms with E-state index in [1.54, 1.807) is 0 Å². The lowest BCUT2D eigenvalue weighted by atomic mass is 9.75. The number of rotatable bonds is 5. The third-order valence-corrected chi connectivity index (χ3v) is 4.46. The third-order valence-electron chi connectivity index (χ3n) is 4.46. The Morgan fingerprint density at radius 1 is 1.21 bits per heavy atom. The first kappa shape index (κ1) is 14.1. The molecule has 0 aliphatic heterocycles. The first-order valence-electron chi connectivity index (χ1n) is 7.58. The molecule has 1 aromatic carbocycles. The Balaban J connectivity index is 2.17. The molecule has 1 saturated carbocycles. The second kappa shape index (κ2) is 6.74. The topological polar surface area (TPSA) is 43.1 Å². The first-order valence-corrected chi connectivity index (χ1v) is 7.58. The smallest absolute Gasteiger partial charge is 0.218 e. The van der Waals surface area contributed by atoms with Gasteiger partial charge in [-0.1, -0.05) is 50.5 Å². The number of carbonyl (C=O) groups excluding carboxylic acids is 1. The summed E-state index contributed by atoms with van der Waals surface area (Å²) in [6.07, 6.45) is 7.98. The van der Waals surface area contributed by atoms with Gasteiger partial charge in [-0.15, -0.1) is 0 Å². The van der Waals surface area contributed by atoms with Gasteiger partial charge in [-0.2, -0.15) is 0 Å². The molecule has 0 heterocycles. The Labute approximate surface area is 116 Å². The zero-order chi connectivity index (χ0) is 13.7. The van der Waals surface area contributed by atoms with Crippen LogP contribution >= 0.6 is 0 Å². The van der Waals surface area contributed by atoms with Crippen molar-refractivity contribution in [2.75, 3.05) is 0 Å². The highest BCUT2D eigenvalue weighted by Gasteiger charge is 2.26. The lowest BCUT2D eigenvalue weighted by Gasteiger charge is -2.30. The van der Waals surface area contributed by atoms with Crippen molar-refractivity contribution in [2.24, 2.45) is 11.7 Å². The minimum atomic E-state index is -0.171. The Kier molecular flexibility index (Phi) is 5.00. The minimum Gasteiger partial charge on any atom is -0.370 e. The second-order valence-electron chi connectivity index (χ2n) is 5.77. The van der Waals surface area contributed by atoms with E-state index in [4.69, 9.17) is 5.73 Å². The van der Waals surface area contributed by atoms with Gasteiger partial charge < -0.3 is 5.73 Å². The quantitative estimate of drug-likeness (QED) is 0.859. The lowest BCUT2D eigenvalue weighted by molar-refractivity contribution is -0.118. The molecule has 1 atom stereocenters. The van der Waals surface area contributed by atoms with Gasteiger partial charge in [0.15, 0.2) is 0 Å². The van der Waals surface area contributed by atoms with Crippen LogP contribution in [-0.2, 0) is 11.2 Å². The molecule has 2 nitrogen and oxygen atoms in total. The van der Waals surface area contributed by atoms with E-state index in [0.29, 0.717) is 18.3 Å². The van der Waals surface area contributed by atoms with Crippen molar-refractivity contribution in [3.63, 3.8) is 0 Å². The van der Waals surface area contributed by atoms with E-state index in [0.717, 1.165) is 6.42 Å². The molecule has 0 saturated heterocycles. The molecule has 104 valence electrons. The molecule has 1 aliphatic rings. The fourth-order valence-electron chi connectivity index (χ4n) is 3.31. The molecule has 0 aromatic heterocycles. The normalized spacial score (nSPS) is 18.2. The van der Waals surface area contributed by atoms with Crippen molar-refractivity contribution < 1.29 is 4.79 Å². The molecule has 0 bridgehead atoms. The van der Waals surface area contributed by atoms with Crippen LogP contribution in [0.15, 0.2) is 24.3 Å². The van der Waals surface area contributed by atoms with E-state index < -0.39 is 0 Å². The highest BCUT2D eigenvalue weighted by atomic mass is 16.1. The van der Waals surface area contributed by atoms with E-state index in [1.165, 1.54) is 43.2 Å². The van der Waals surface area contributed by atoms with Gasteiger partial charge in [-0.3, -0.25) is 4.79 Å². The number of hydrogen-bond acceptors (Lipinski definition) is 1. The van der Waals surface area contributed by atoms with Crippen LogP contribution in [0.2, 0.25) is 0 Å². The SMILES string of the molecule is CCc1ccc(C(CC(N)=O)C2CCCCC2)cc1. The summed E-state index contributed by atoms with van der Waals surface area (Å²) in [5, 5.41) is 0. The average Bonchev–Trinajstić information content (AvgIpc) is 2.46. The van der Waals surface area contributed by atoms with Gasteiger partial charge in [-0.05, 0) is 42.2 Å². The summed E-state index contributed by atoms with van der Waals surface area (Å²) in [5.41, 5.74) is 8.10. The van der Waals surface area contributed by atoms with Crippen LogP contribution in [0.25, 0.3) is 0 Å². The molecule has 2 heteroatoms. The molecular weight excluding hydrogens is 234 g/mol. The number of amides is 1.